The molecular formula is C34H34ClNO10. The zero-order chi connectivity index (χ0) is 33.3. The number of rotatable bonds is 10. The lowest BCUT2D eigenvalue weighted by Crippen LogP contribution is -2.53. The van der Waals surface area contributed by atoms with Gasteiger partial charge in [0.05, 0.1) is 21.3 Å². The van der Waals surface area contributed by atoms with E-state index in [1.165, 1.54) is 45.6 Å². The molecule has 3 atom stereocenters. The number of Topliss-reactive ketones (excluding diaryl/α,β-unsaturated/α-hetero) is 2. The van der Waals surface area contributed by atoms with Gasteiger partial charge in [-0.2, -0.15) is 0 Å². The number of amides is 1. The smallest absolute Gasteiger partial charge is 0.231 e. The normalized spacial score (nSPS) is 19.5. The van der Waals surface area contributed by atoms with Crippen molar-refractivity contribution in [2.24, 2.45) is 5.92 Å². The first kappa shape index (κ1) is 32.5. The highest BCUT2D eigenvalue weighted by Gasteiger charge is 2.61. The summed E-state index contributed by atoms with van der Waals surface area (Å²) in [6.07, 6.45) is -0.00754. The monoisotopic (exact) mass is 651 g/mol. The molecule has 0 fully saturated rings. The molecule has 242 valence electrons. The Morgan fingerprint density at radius 2 is 1.67 bits per heavy atom. The Morgan fingerprint density at radius 3 is 2.33 bits per heavy atom. The minimum absolute atomic E-state index is 0.00442. The highest BCUT2D eigenvalue weighted by Crippen LogP contribution is 2.56. The van der Waals surface area contributed by atoms with Crippen molar-refractivity contribution in [1.82, 2.24) is 5.32 Å². The number of phenolic OH excluding ortho intramolecular Hbond substituents is 2. The Hall–Kier alpha value is -4.90. The van der Waals surface area contributed by atoms with Crippen LogP contribution in [0.15, 0.2) is 59.9 Å². The first-order valence-electron chi connectivity index (χ1n) is 14.5. The molecule has 11 nitrogen and oxygen atoms in total. The summed E-state index contributed by atoms with van der Waals surface area (Å²) >= 11 is 6.56. The van der Waals surface area contributed by atoms with Gasteiger partial charge in [0.25, 0.3) is 0 Å². The fourth-order valence-electron chi connectivity index (χ4n) is 6.10. The van der Waals surface area contributed by atoms with Crippen LogP contribution in [-0.2, 0) is 16.0 Å². The minimum atomic E-state index is -2.04. The van der Waals surface area contributed by atoms with Gasteiger partial charge in [-0.15, -0.1) is 0 Å². The van der Waals surface area contributed by atoms with Crippen LogP contribution >= 0.6 is 11.6 Å². The maximum absolute atomic E-state index is 14.2. The van der Waals surface area contributed by atoms with Crippen molar-refractivity contribution in [1.29, 1.82) is 0 Å². The van der Waals surface area contributed by atoms with Gasteiger partial charge in [-0.25, -0.2) is 0 Å². The average molecular weight is 652 g/mol. The molecule has 1 spiro atoms. The molecule has 0 radical (unpaired) electrons. The Morgan fingerprint density at radius 1 is 1.00 bits per heavy atom. The van der Waals surface area contributed by atoms with Crippen molar-refractivity contribution in [3.05, 3.63) is 81.6 Å². The molecule has 0 saturated carbocycles. The number of allylic oxidation sites excluding steroid dienone is 1. The zero-order valence-electron chi connectivity index (χ0n) is 25.7. The summed E-state index contributed by atoms with van der Waals surface area (Å²) in [6.45, 7) is 1.87. The molecule has 12 heteroatoms. The molecule has 1 heterocycles. The van der Waals surface area contributed by atoms with E-state index in [4.69, 9.17) is 30.5 Å². The SMILES string of the molecule is COc1cc(C(CC(=O)NCCc2ccc(O)cc2)C2=C(O)C3(Oc4c(Cl)c(OC)cc(OC)c4C3=O)C(C)CC2=O)ccc1O. The van der Waals surface area contributed by atoms with E-state index in [9.17, 15) is 29.7 Å². The van der Waals surface area contributed by atoms with Crippen LogP contribution in [0.4, 0.5) is 0 Å². The lowest BCUT2D eigenvalue weighted by Gasteiger charge is -2.38. The molecule has 1 aliphatic heterocycles. The third-order valence-corrected chi connectivity index (χ3v) is 8.89. The van der Waals surface area contributed by atoms with E-state index >= 15 is 0 Å². The van der Waals surface area contributed by atoms with Crippen molar-refractivity contribution in [3.8, 4) is 34.5 Å². The molecule has 1 aliphatic carbocycles. The van der Waals surface area contributed by atoms with Gasteiger partial charge >= 0.3 is 0 Å². The van der Waals surface area contributed by atoms with Crippen molar-refractivity contribution in [2.75, 3.05) is 27.9 Å². The van der Waals surface area contributed by atoms with Crippen LogP contribution in [0.1, 0.15) is 47.2 Å². The number of ketones is 2. The molecule has 46 heavy (non-hydrogen) atoms. The molecule has 0 aromatic heterocycles. The summed E-state index contributed by atoms with van der Waals surface area (Å²) in [5.74, 6) is -3.80. The van der Waals surface area contributed by atoms with Gasteiger partial charge in [0.2, 0.25) is 17.3 Å². The maximum Gasteiger partial charge on any atom is 0.231 e. The third kappa shape index (κ3) is 5.55. The number of aromatic hydroxyl groups is 2. The second-order valence-corrected chi connectivity index (χ2v) is 11.6. The van der Waals surface area contributed by atoms with Crippen molar-refractivity contribution in [3.63, 3.8) is 0 Å². The van der Waals surface area contributed by atoms with Crippen LogP contribution < -0.4 is 24.3 Å². The number of fused-ring (bicyclic) bond motifs is 1. The highest BCUT2D eigenvalue weighted by molar-refractivity contribution is 6.35. The topological polar surface area (TPSA) is 161 Å². The summed E-state index contributed by atoms with van der Waals surface area (Å²) in [4.78, 5) is 41.4. The number of benzene rings is 3. The molecule has 0 saturated heterocycles. The van der Waals surface area contributed by atoms with Gasteiger partial charge in [0, 0.05) is 42.9 Å². The van der Waals surface area contributed by atoms with Gasteiger partial charge < -0.3 is 39.6 Å². The fraction of sp³-hybridized carbons (Fsp3) is 0.324. The number of aliphatic hydroxyl groups excluding tert-OH is 1. The summed E-state index contributed by atoms with van der Waals surface area (Å²) in [7, 11) is 4.12. The van der Waals surface area contributed by atoms with E-state index in [1.807, 2.05) is 0 Å². The molecule has 5 rings (SSSR count). The number of phenols is 2. The van der Waals surface area contributed by atoms with Crippen LogP contribution in [0, 0.1) is 5.92 Å². The van der Waals surface area contributed by atoms with E-state index < -0.39 is 40.7 Å². The van der Waals surface area contributed by atoms with E-state index in [0.717, 1.165) is 5.56 Å². The number of carbonyl (C=O) groups excluding carboxylic acids is 3. The Kier molecular flexibility index (Phi) is 9.07. The quantitative estimate of drug-likeness (QED) is 0.234. The summed E-state index contributed by atoms with van der Waals surface area (Å²) in [6, 6.07) is 12.4. The van der Waals surface area contributed by atoms with Gasteiger partial charge in [0.1, 0.15) is 27.8 Å². The van der Waals surface area contributed by atoms with Crippen LogP contribution in [0.5, 0.6) is 34.5 Å². The van der Waals surface area contributed by atoms with Crippen LogP contribution in [0.2, 0.25) is 5.02 Å². The second-order valence-electron chi connectivity index (χ2n) is 11.2. The number of hydrogen-bond acceptors (Lipinski definition) is 10. The number of hydrogen-bond donors (Lipinski definition) is 4. The van der Waals surface area contributed by atoms with Crippen molar-refractivity contribution >= 4 is 29.1 Å². The molecule has 2 aliphatic rings. The molecule has 1 amide bonds. The van der Waals surface area contributed by atoms with Gasteiger partial charge in [-0.3, -0.25) is 14.4 Å². The van der Waals surface area contributed by atoms with E-state index in [0.29, 0.717) is 12.0 Å². The summed E-state index contributed by atoms with van der Waals surface area (Å²) in [5.41, 5.74) is -0.955. The van der Waals surface area contributed by atoms with Crippen LogP contribution in [0.25, 0.3) is 0 Å². The average Bonchev–Trinajstić information content (AvgIpc) is 3.35. The van der Waals surface area contributed by atoms with Gasteiger partial charge in [-0.05, 0) is 41.8 Å². The lowest BCUT2D eigenvalue weighted by molar-refractivity contribution is -0.121. The number of ether oxygens (including phenoxy) is 4. The molecule has 3 unspecified atom stereocenters. The number of halogens is 1. The van der Waals surface area contributed by atoms with E-state index in [2.05, 4.69) is 5.32 Å². The van der Waals surface area contributed by atoms with Crippen molar-refractivity contribution < 1.29 is 48.7 Å². The Balaban J connectivity index is 1.57. The van der Waals surface area contributed by atoms with Crippen molar-refractivity contribution in [2.45, 2.75) is 37.7 Å². The predicted octanol–water partition coefficient (Wildman–Crippen LogP) is 5.04. The standard InChI is InChI=1S/C34H34ClNO10/c1-17-13-23(39)28(32(41)34(17)33(42)29-25(44-3)16-26(45-4)30(35)31(29)46-34)21(19-7-10-22(38)24(14-19)43-2)15-27(40)36-12-11-18-5-8-20(37)9-6-18/h5-10,14,16-17,21,37-38,41H,11-13,15H2,1-4H3,(H,36,40). The van der Waals surface area contributed by atoms with Gasteiger partial charge in [0.15, 0.2) is 28.8 Å². The fourth-order valence-corrected chi connectivity index (χ4v) is 6.37. The lowest BCUT2D eigenvalue weighted by atomic mass is 9.69. The first-order chi connectivity index (χ1) is 22.0. The second kappa shape index (κ2) is 12.8. The van der Waals surface area contributed by atoms with E-state index in [-0.39, 0.29) is 70.0 Å². The molecule has 4 N–H and O–H groups in total. The Bertz CT molecular complexity index is 1730. The molecule has 0 bridgehead atoms. The molecule has 3 aromatic rings. The third-order valence-electron chi connectivity index (χ3n) is 8.53. The van der Waals surface area contributed by atoms with Crippen LogP contribution in [-0.4, -0.2) is 66.3 Å². The maximum atomic E-state index is 14.2. The predicted molar refractivity (Wildman–Crippen MR) is 168 cm³/mol. The highest BCUT2D eigenvalue weighted by atomic mass is 35.5. The molecule has 3 aromatic carbocycles. The number of methoxy groups -OCH3 is 3. The summed E-state index contributed by atoms with van der Waals surface area (Å²) in [5, 5.41) is 34.6. The van der Waals surface area contributed by atoms with Gasteiger partial charge in [-0.1, -0.05) is 36.7 Å². The van der Waals surface area contributed by atoms with E-state index in [1.54, 1.807) is 31.2 Å². The Labute approximate surface area is 270 Å². The number of aliphatic hydroxyl groups is 1. The minimum Gasteiger partial charge on any atom is -0.508 e. The largest absolute Gasteiger partial charge is 0.508 e. The van der Waals surface area contributed by atoms with Crippen LogP contribution in [0.3, 0.4) is 0 Å². The first-order valence-corrected chi connectivity index (χ1v) is 14.9. The molecular weight excluding hydrogens is 618 g/mol. The summed E-state index contributed by atoms with van der Waals surface area (Å²) < 4.78 is 22.3. The number of nitrogens with one attached hydrogen (secondary N) is 1. The zero-order valence-corrected chi connectivity index (χ0v) is 26.4. The number of carbonyl (C=O) groups is 3.